The van der Waals surface area contributed by atoms with E-state index in [0.717, 1.165) is 5.56 Å². The van der Waals surface area contributed by atoms with Gasteiger partial charge in [0, 0.05) is 13.0 Å². The van der Waals surface area contributed by atoms with Gasteiger partial charge in [-0.15, -0.1) is 0 Å². The van der Waals surface area contributed by atoms with Gasteiger partial charge >= 0.3 is 0 Å². The van der Waals surface area contributed by atoms with Crippen molar-refractivity contribution in [1.82, 2.24) is 4.72 Å². The van der Waals surface area contributed by atoms with E-state index in [4.69, 9.17) is 14.2 Å². The van der Waals surface area contributed by atoms with Crippen molar-refractivity contribution in [1.29, 1.82) is 0 Å². The fourth-order valence-corrected chi connectivity index (χ4v) is 4.10. The van der Waals surface area contributed by atoms with E-state index in [1.807, 2.05) is 0 Å². The third-order valence-electron chi connectivity index (χ3n) is 4.19. The van der Waals surface area contributed by atoms with E-state index in [-0.39, 0.29) is 16.5 Å². The van der Waals surface area contributed by atoms with Crippen LogP contribution in [0.15, 0.2) is 41.3 Å². The average molecular weight is 406 g/mol. The number of carbonyl (C=O) groups is 1. The molecule has 1 atom stereocenters. The quantitative estimate of drug-likeness (QED) is 0.764. The van der Waals surface area contributed by atoms with Gasteiger partial charge in [-0.1, -0.05) is 6.07 Å². The van der Waals surface area contributed by atoms with Gasteiger partial charge in [-0.2, -0.15) is 0 Å². The van der Waals surface area contributed by atoms with Crippen molar-refractivity contribution in [2.75, 3.05) is 25.6 Å². The molecule has 2 aromatic carbocycles. The van der Waals surface area contributed by atoms with Crippen molar-refractivity contribution in [2.45, 2.75) is 24.8 Å². The number of sulfonamides is 1. The number of methoxy groups -OCH3 is 1. The Morgan fingerprint density at radius 2 is 1.82 bits per heavy atom. The second-order valence-corrected chi connectivity index (χ2v) is 8.00. The van der Waals surface area contributed by atoms with Crippen LogP contribution in [0.3, 0.4) is 0 Å². The smallest absolute Gasteiger partial charge is 0.241 e. The molecule has 3 rings (SSSR count). The number of benzene rings is 2. The SMILES string of the molecule is COc1ccc(S(=O)(=O)N[C@@H](C)c2ccc3c(c2)OCCO3)cc1NC(C)=O. The van der Waals surface area contributed by atoms with E-state index in [2.05, 4.69) is 10.0 Å². The number of amides is 1. The second kappa shape index (κ2) is 8.07. The number of hydrogen-bond acceptors (Lipinski definition) is 6. The zero-order valence-corrected chi connectivity index (χ0v) is 16.6. The maximum Gasteiger partial charge on any atom is 0.241 e. The minimum absolute atomic E-state index is 0.0152. The lowest BCUT2D eigenvalue weighted by atomic mass is 10.1. The summed E-state index contributed by atoms with van der Waals surface area (Å²) >= 11 is 0. The molecule has 2 N–H and O–H groups in total. The lowest BCUT2D eigenvalue weighted by Gasteiger charge is -2.21. The van der Waals surface area contributed by atoms with E-state index in [1.54, 1.807) is 25.1 Å². The van der Waals surface area contributed by atoms with Crippen LogP contribution >= 0.6 is 0 Å². The molecule has 1 aliphatic rings. The van der Waals surface area contributed by atoms with Crippen molar-refractivity contribution in [3.63, 3.8) is 0 Å². The van der Waals surface area contributed by atoms with Crippen LogP contribution in [0.5, 0.6) is 17.2 Å². The molecule has 0 bridgehead atoms. The van der Waals surface area contributed by atoms with Crippen molar-refractivity contribution < 1.29 is 27.4 Å². The molecule has 28 heavy (non-hydrogen) atoms. The van der Waals surface area contributed by atoms with E-state index >= 15 is 0 Å². The van der Waals surface area contributed by atoms with Crippen LogP contribution in [0.1, 0.15) is 25.5 Å². The van der Waals surface area contributed by atoms with Crippen molar-refractivity contribution in [2.24, 2.45) is 0 Å². The van der Waals surface area contributed by atoms with Crippen molar-refractivity contribution >= 4 is 21.6 Å². The standard InChI is InChI=1S/C19H22N2O6S/c1-12(14-4-6-18-19(10-14)27-9-8-26-18)21-28(23,24)15-5-7-17(25-3)16(11-15)20-13(2)22/h4-7,10-12,21H,8-9H2,1-3H3,(H,20,22)/t12-/m0/s1. The number of anilines is 1. The summed E-state index contributed by atoms with van der Waals surface area (Å²) in [5.74, 6) is 1.27. The molecule has 0 unspecified atom stereocenters. The minimum atomic E-state index is -3.84. The topological polar surface area (TPSA) is 103 Å². The Hall–Kier alpha value is -2.78. The number of fused-ring (bicyclic) bond motifs is 1. The van der Waals surface area contributed by atoms with Gasteiger partial charge in [0.1, 0.15) is 19.0 Å². The lowest BCUT2D eigenvalue weighted by Crippen LogP contribution is -2.27. The van der Waals surface area contributed by atoms with Crippen molar-refractivity contribution in [3.05, 3.63) is 42.0 Å². The van der Waals surface area contributed by atoms with E-state index in [1.165, 1.54) is 32.2 Å². The number of ether oxygens (including phenoxy) is 3. The van der Waals surface area contributed by atoms with Gasteiger partial charge in [-0.05, 0) is 42.8 Å². The fraction of sp³-hybridized carbons (Fsp3) is 0.316. The maximum absolute atomic E-state index is 12.8. The maximum atomic E-state index is 12.8. The van der Waals surface area contributed by atoms with E-state index < -0.39 is 16.1 Å². The first-order chi connectivity index (χ1) is 13.3. The summed E-state index contributed by atoms with van der Waals surface area (Å²) < 4.78 is 44.5. The summed E-state index contributed by atoms with van der Waals surface area (Å²) in [4.78, 5) is 11.4. The molecule has 150 valence electrons. The summed E-state index contributed by atoms with van der Waals surface area (Å²) in [7, 11) is -2.40. The molecule has 0 fully saturated rings. The second-order valence-electron chi connectivity index (χ2n) is 6.29. The van der Waals surface area contributed by atoms with Gasteiger partial charge < -0.3 is 19.5 Å². The minimum Gasteiger partial charge on any atom is -0.495 e. The highest BCUT2D eigenvalue weighted by Gasteiger charge is 2.22. The summed E-state index contributed by atoms with van der Waals surface area (Å²) in [6, 6.07) is 9.08. The Morgan fingerprint density at radius 1 is 1.11 bits per heavy atom. The Bertz CT molecular complexity index is 990. The molecule has 1 aliphatic heterocycles. The zero-order valence-electron chi connectivity index (χ0n) is 15.8. The largest absolute Gasteiger partial charge is 0.495 e. The third kappa shape index (κ3) is 4.37. The first-order valence-electron chi connectivity index (χ1n) is 8.67. The molecule has 0 radical (unpaired) electrons. The summed E-state index contributed by atoms with van der Waals surface area (Å²) in [5, 5.41) is 2.57. The highest BCUT2D eigenvalue weighted by molar-refractivity contribution is 7.89. The van der Waals surface area contributed by atoms with Gasteiger partial charge in [0.25, 0.3) is 0 Å². The van der Waals surface area contributed by atoms with Gasteiger partial charge in [0.2, 0.25) is 15.9 Å². The van der Waals surface area contributed by atoms with Gasteiger partial charge in [-0.25, -0.2) is 13.1 Å². The van der Waals surface area contributed by atoms with Crippen LogP contribution in [-0.4, -0.2) is 34.6 Å². The third-order valence-corrected chi connectivity index (χ3v) is 5.73. The van der Waals surface area contributed by atoms with Crippen molar-refractivity contribution in [3.8, 4) is 17.2 Å². The van der Waals surface area contributed by atoms with Crippen LogP contribution in [-0.2, 0) is 14.8 Å². The molecule has 0 saturated carbocycles. The normalized spacial score (nSPS) is 14.2. The van der Waals surface area contributed by atoms with Gasteiger partial charge in [0.15, 0.2) is 11.5 Å². The molecule has 1 amide bonds. The molecule has 0 spiro atoms. The molecule has 0 saturated heterocycles. The highest BCUT2D eigenvalue weighted by Crippen LogP contribution is 2.33. The van der Waals surface area contributed by atoms with Crippen LogP contribution in [0.4, 0.5) is 5.69 Å². The average Bonchev–Trinajstić information content (AvgIpc) is 2.66. The summed E-state index contributed by atoms with van der Waals surface area (Å²) in [6.45, 7) is 4.01. The molecule has 2 aromatic rings. The number of nitrogens with one attached hydrogen (secondary N) is 2. The fourth-order valence-electron chi connectivity index (χ4n) is 2.84. The Morgan fingerprint density at radius 3 is 2.50 bits per heavy atom. The molecule has 9 heteroatoms. The number of carbonyl (C=O) groups excluding carboxylic acids is 1. The predicted octanol–water partition coefficient (Wildman–Crippen LogP) is 2.46. The van der Waals surface area contributed by atoms with Gasteiger partial charge in [0.05, 0.1) is 17.7 Å². The Balaban J connectivity index is 1.84. The van der Waals surface area contributed by atoms with E-state index in [9.17, 15) is 13.2 Å². The molecule has 0 aliphatic carbocycles. The van der Waals surface area contributed by atoms with Crippen LogP contribution in [0.2, 0.25) is 0 Å². The molecule has 0 aromatic heterocycles. The van der Waals surface area contributed by atoms with Crippen LogP contribution in [0, 0.1) is 0 Å². The van der Waals surface area contributed by atoms with E-state index in [0.29, 0.717) is 30.5 Å². The molecule has 8 nitrogen and oxygen atoms in total. The molecular formula is C19H22N2O6S. The monoisotopic (exact) mass is 406 g/mol. The summed E-state index contributed by atoms with van der Waals surface area (Å²) in [6.07, 6.45) is 0. The van der Waals surface area contributed by atoms with Crippen LogP contribution < -0.4 is 24.2 Å². The Kier molecular flexibility index (Phi) is 5.76. The van der Waals surface area contributed by atoms with Gasteiger partial charge in [-0.3, -0.25) is 4.79 Å². The number of hydrogen-bond donors (Lipinski definition) is 2. The lowest BCUT2D eigenvalue weighted by molar-refractivity contribution is -0.114. The molecule has 1 heterocycles. The first kappa shape index (κ1) is 20.0. The van der Waals surface area contributed by atoms with Crippen LogP contribution in [0.25, 0.3) is 0 Å². The Labute approximate surface area is 163 Å². The molecular weight excluding hydrogens is 384 g/mol. The number of rotatable bonds is 6. The highest BCUT2D eigenvalue weighted by atomic mass is 32.2. The zero-order chi connectivity index (χ0) is 20.3. The summed E-state index contributed by atoms with van der Waals surface area (Å²) in [5.41, 5.74) is 1.02. The predicted molar refractivity (Wildman–Crippen MR) is 103 cm³/mol. The first-order valence-corrected chi connectivity index (χ1v) is 10.2.